The molecule has 0 aliphatic carbocycles. The quantitative estimate of drug-likeness (QED) is 0.438. The van der Waals surface area contributed by atoms with Crippen LogP contribution < -0.4 is 5.32 Å². The van der Waals surface area contributed by atoms with Crippen LogP contribution in [-0.4, -0.2) is 22.3 Å². The molecule has 3 aromatic carbocycles. The van der Waals surface area contributed by atoms with Gasteiger partial charge in [-0.05, 0) is 30.5 Å². The van der Waals surface area contributed by atoms with Crippen molar-refractivity contribution in [1.29, 1.82) is 0 Å². The third kappa shape index (κ3) is 5.22. The van der Waals surface area contributed by atoms with E-state index in [0.717, 1.165) is 11.6 Å². The van der Waals surface area contributed by atoms with E-state index in [9.17, 15) is 14.7 Å². The Morgan fingerprint density at radius 2 is 1.65 bits per heavy atom. The van der Waals surface area contributed by atoms with Crippen molar-refractivity contribution in [3.63, 3.8) is 0 Å². The summed E-state index contributed by atoms with van der Waals surface area (Å²) in [5, 5.41) is 23.4. The highest BCUT2D eigenvalue weighted by atomic mass is 16.6. The smallest absolute Gasteiger partial charge is 0.412 e. The highest BCUT2D eigenvalue weighted by Crippen LogP contribution is 2.42. The van der Waals surface area contributed by atoms with Crippen LogP contribution in [0.5, 0.6) is 5.75 Å². The van der Waals surface area contributed by atoms with Crippen molar-refractivity contribution in [2.24, 2.45) is 5.41 Å². The SMILES string of the molecule is Cc1ccc(NC(=O)O[C@@H](c2ccc(O)c3ccccc23)C(C)(C)/C=C/C(=O)O)cc1. The van der Waals surface area contributed by atoms with Gasteiger partial charge in [0.1, 0.15) is 11.9 Å². The molecule has 1 atom stereocenters. The molecule has 0 heterocycles. The average molecular weight is 419 g/mol. The maximum absolute atomic E-state index is 12.7. The first-order valence-electron chi connectivity index (χ1n) is 9.84. The number of anilines is 1. The van der Waals surface area contributed by atoms with Crippen molar-refractivity contribution in [2.45, 2.75) is 26.9 Å². The van der Waals surface area contributed by atoms with E-state index in [4.69, 9.17) is 9.84 Å². The number of amides is 1. The fourth-order valence-corrected chi connectivity index (χ4v) is 3.42. The van der Waals surface area contributed by atoms with Crippen LogP contribution in [0.3, 0.4) is 0 Å². The number of aliphatic carboxylic acids is 1. The second-order valence-electron chi connectivity index (χ2n) is 7.99. The van der Waals surface area contributed by atoms with Crippen molar-refractivity contribution >= 4 is 28.5 Å². The summed E-state index contributed by atoms with van der Waals surface area (Å²) < 4.78 is 5.84. The standard InChI is InChI=1S/C25H25NO5/c1-16-8-10-17(11-9-16)26-24(30)31-23(25(2,3)15-14-22(28)29)20-12-13-21(27)19-7-5-4-6-18(19)20/h4-15,23,27H,1-3H3,(H,26,30)(H,28,29)/b15-14+/t23-/m0/s1. The van der Waals surface area contributed by atoms with E-state index in [1.54, 1.807) is 50.2 Å². The molecule has 0 spiro atoms. The number of aryl methyl sites for hydroxylation is 1. The molecule has 0 fully saturated rings. The first kappa shape index (κ1) is 21.9. The average Bonchev–Trinajstić information content (AvgIpc) is 2.73. The van der Waals surface area contributed by atoms with E-state index in [1.165, 1.54) is 6.08 Å². The predicted molar refractivity (Wildman–Crippen MR) is 120 cm³/mol. The van der Waals surface area contributed by atoms with Crippen LogP contribution in [0.1, 0.15) is 31.1 Å². The lowest BCUT2D eigenvalue weighted by atomic mass is 9.80. The Bertz CT molecular complexity index is 1130. The number of carbonyl (C=O) groups is 2. The first-order valence-corrected chi connectivity index (χ1v) is 9.84. The van der Waals surface area contributed by atoms with E-state index in [-0.39, 0.29) is 5.75 Å². The molecule has 6 nitrogen and oxygen atoms in total. The summed E-state index contributed by atoms with van der Waals surface area (Å²) in [5.74, 6) is -0.979. The number of nitrogens with one attached hydrogen (secondary N) is 1. The van der Waals surface area contributed by atoms with Crippen LogP contribution in [0.2, 0.25) is 0 Å². The van der Waals surface area contributed by atoms with Gasteiger partial charge in [-0.2, -0.15) is 0 Å². The third-order valence-electron chi connectivity index (χ3n) is 5.07. The predicted octanol–water partition coefficient (Wildman–Crippen LogP) is 5.81. The minimum atomic E-state index is -1.09. The van der Waals surface area contributed by atoms with Gasteiger partial charge < -0.3 is 14.9 Å². The molecule has 0 bridgehead atoms. The van der Waals surface area contributed by atoms with Gasteiger partial charge >= 0.3 is 12.1 Å². The minimum Gasteiger partial charge on any atom is -0.507 e. The molecule has 0 radical (unpaired) electrons. The van der Waals surface area contributed by atoms with Crippen molar-refractivity contribution < 1.29 is 24.5 Å². The van der Waals surface area contributed by atoms with Gasteiger partial charge in [0.15, 0.2) is 0 Å². The molecular weight excluding hydrogens is 394 g/mol. The molecule has 0 saturated carbocycles. The lowest BCUT2D eigenvalue weighted by Gasteiger charge is -2.32. The maximum atomic E-state index is 12.7. The molecule has 0 unspecified atom stereocenters. The zero-order chi connectivity index (χ0) is 22.6. The Morgan fingerprint density at radius 3 is 2.29 bits per heavy atom. The molecule has 160 valence electrons. The van der Waals surface area contributed by atoms with Crippen LogP contribution in [-0.2, 0) is 9.53 Å². The highest BCUT2D eigenvalue weighted by molar-refractivity contribution is 5.92. The zero-order valence-corrected chi connectivity index (χ0v) is 17.6. The van der Waals surface area contributed by atoms with Crippen LogP contribution >= 0.6 is 0 Å². The summed E-state index contributed by atoms with van der Waals surface area (Å²) in [6, 6.07) is 17.8. The van der Waals surface area contributed by atoms with Crippen molar-refractivity contribution in [3.8, 4) is 5.75 Å². The summed E-state index contributed by atoms with van der Waals surface area (Å²) in [6.45, 7) is 5.53. The molecule has 3 N–H and O–H groups in total. The molecule has 6 heteroatoms. The topological polar surface area (TPSA) is 95.9 Å². The van der Waals surface area contributed by atoms with Crippen LogP contribution in [0, 0.1) is 12.3 Å². The van der Waals surface area contributed by atoms with Crippen LogP contribution in [0.4, 0.5) is 10.5 Å². The number of carbonyl (C=O) groups excluding carboxylic acids is 1. The molecule has 3 aromatic rings. The van der Waals surface area contributed by atoms with Gasteiger partial charge in [0, 0.05) is 28.1 Å². The van der Waals surface area contributed by atoms with E-state index >= 15 is 0 Å². The summed E-state index contributed by atoms with van der Waals surface area (Å²) in [4.78, 5) is 23.9. The Balaban J connectivity index is 2.01. The van der Waals surface area contributed by atoms with E-state index in [2.05, 4.69) is 5.32 Å². The van der Waals surface area contributed by atoms with Crippen molar-refractivity contribution in [1.82, 2.24) is 0 Å². The summed E-state index contributed by atoms with van der Waals surface area (Å²) in [7, 11) is 0. The van der Waals surface area contributed by atoms with Crippen molar-refractivity contribution in [2.75, 3.05) is 5.32 Å². The molecule has 1 amide bonds. The Morgan fingerprint density at radius 1 is 1.00 bits per heavy atom. The Kier molecular flexibility index (Phi) is 6.30. The third-order valence-corrected chi connectivity index (χ3v) is 5.07. The monoisotopic (exact) mass is 419 g/mol. The maximum Gasteiger partial charge on any atom is 0.412 e. The molecule has 3 rings (SSSR count). The number of fused-ring (bicyclic) bond motifs is 1. The number of aromatic hydroxyl groups is 1. The fraction of sp³-hybridized carbons (Fsp3) is 0.200. The Labute approximate surface area is 180 Å². The molecule has 0 aliphatic heterocycles. The summed E-state index contributed by atoms with van der Waals surface area (Å²) in [6.07, 6.45) is 1.05. The molecule has 0 aromatic heterocycles. The van der Waals surface area contributed by atoms with Gasteiger partial charge in [0.05, 0.1) is 0 Å². The van der Waals surface area contributed by atoms with Crippen LogP contribution in [0.15, 0.2) is 72.8 Å². The number of carboxylic acids is 1. The van der Waals surface area contributed by atoms with E-state index in [1.807, 2.05) is 31.2 Å². The van der Waals surface area contributed by atoms with Crippen LogP contribution in [0.25, 0.3) is 10.8 Å². The number of benzene rings is 3. The summed E-state index contributed by atoms with van der Waals surface area (Å²) in [5.41, 5.74) is 1.45. The van der Waals surface area contributed by atoms with Gasteiger partial charge in [0.2, 0.25) is 0 Å². The van der Waals surface area contributed by atoms with E-state index < -0.39 is 23.6 Å². The minimum absolute atomic E-state index is 0.112. The number of rotatable bonds is 6. The van der Waals surface area contributed by atoms with Gasteiger partial charge in [-0.3, -0.25) is 5.32 Å². The number of phenols is 1. The number of ether oxygens (including phenoxy) is 1. The van der Waals surface area contributed by atoms with Gasteiger partial charge in [-0.25, -0.2) is 9.59 Å². The molecular formula is C25H25NO5. The molecule has 0 aliphatic rings. The highest BCUT2D eigenvalue weighted by Gasteiger charge is 2.34. The fourth-order valence-electron chi connectivity index (χ4n) is 3.42. The van der Waals surface area contributed by atoms with Crippen molar-refractivity contribution in [3.05, 3.63) is 83.9 Å². The second kappa shape index (κ2) is 8.92. The summed E-state index contributed by atoms with van der Waals surface area (Å²) >= 11 is 0. The number of hydrogen-bond donors (Lipinski definition) is 3. The lowest BCUT2D eigenvalue weighted by molar-refractivity contribution is -0.131. The number of phenolic OH excluding ortho intramolecular Hbond substituents is 1. The van der Waals surface area contributed by atoms with Gasteiger partial charge in [-0.15, -0.1) is 0 Å². The van der Waals surface area contributed by atoms with Gasteiger partial charge in [0.25, 0.3) is 0 Å². The molecule has 31 heavy (non-hydrogen) atoms. The lowest BCUT2D eigenvalue weighted by Crippen LogP contribution is -2.28. The number of carboxylic acid groups (broad SMARTS) is 1. The Hall–Kier alpha value is -3.80. The zero-order valence-electron chi connectivity index (χ0n) is 17.6. The normalized spacial score (nSPS) is 12.6. The molecule has 0 saturated heterocycles. The largest absolute Gasteiger partial charge is 0.507 e. The van der Waals surface area contributed by atoms with Gasteiger partial charge in [-0.1, -0.05) is 68.0 Å². The first-order chi connectivity index (χ1) is 14.7. The number of hydrogen-bond acceptors (Lipinski definition) is 4. The second-order valence-corrected chi connectivity index (χ2v) is 7.99. The van der Waals surface area contributed by atoms with E-state index in [0.29, 0.717) is 22.0 Å².